The average Bonchev–Trinajstić information content (AvgIpc) is 3.03. The van der Waals surface area contributed by atoms with E-state index >= 15 is 0 Å². The fourth-order valence-corrected chi connectivity index (χ4v) is 6.25. The molecule has 3 aliphatic carbocycles. The predicted octanol–water partition coefficient (Wildman–Crippen LogP) is 6.38. The van der Waals surface area contributed by atoms with E-state index in [1.165, 1.54) is 0 Å². The summed E-state index contributed by atoms with van der Waals surface area (Å²) in [5.74, 6) is -4.00. The third-order valence-corrected chi connectivity index (χ3v) is 8.51. The molecular weight excluding hydrogens is 556 g/mol. The van der Waals surface area contributed by atoms with Crippen molar-refractivity contribution in [2.24, 2.45) is 0 Å². The van der Waals surface area contributed by atoms with Gasteiger partial charge in [-0.3, -0.25) is 9.59 Å². The highest BCUT2D eigenvalue weighted by atomic mass is 16.5. The number of rotatable bonds is 8. The second-order valence-electron chi connectivity index (χ2n) is 11.2. The van der Waals surface area contributed by atoms with Crippen molar-refractivity contribution in [3.8, 4) is 12.1 Å². The van der Waals surface area contributed by atoms with Crippen molar-refractivity contribution in [3.05, 3.63) is 93.0 Å². The van der Waals surface area contributed by atoms with Crippen LogP contribution >= 0.6 is 0 Å². The number of carbonyl (C=O) groups is 4. The van der Waals surface area contributed by atoms with Crippen LogP contribution in [0.3, 0.4) is 0 Å². The van der Waals surface area contributed by atoms with Gasteiger partial charge in [0.2, 0.25) is 11.6 Å². The van der Waals surface area contributed by atoms with E-state index < -0.39 is 35.3 Å². The quantitative estimate of drug-likeness (QED) is 0.132. The van der Waals surface area contributed by atoms with Crippen LogP contribution in [0, 0.1) is 22.7 Å². The van der Waals surface area contributed by atoms with Crippen LogP contribution in [0.5, 0.6) is 0 Å². The SMILES string of the molecule is CCCCOC(=O)c1cc2cc3c(cc2cc1C(=O)OCCCC)C1C(=O)C(=O)C3c2cc3cc(C#N)c(C#N)cc3cc21. The van der Waals surface area contributed by atoms with E-state index in [1.807, 2.05) is 50.3 Å². The molecule has 8 nitrogen and oxygen atoms in total. The summed E-state index contributed by atoms with van der Waals surface area (Å²) in [6, 6.07) is 17.8. The second-order valence-corrected chi connectivity index (χ2v) is 11.2. The maximum Gasteiger partial charge on any atom is 0.339 e. The molecule has 2 bridgehead atoms. The molecule has 0 heterocycles. The van der Waals surface area contributed by atoms with Gasteiger partial charge in [0, 0.05) is 0 Å². The van der Waals surface area contributed by atoms with Crippen LogP contribution in [-0.4, -0.2) is 36.7 Å². The van der Waals surface area contributed by atoms with Crippen LogP contribution in [0.1, 0.15) is 105 Å². The lowest BCUT2D eigenvalue weighted by molar-refractivity contribution is -0.138. The summed E-state index contributed by atoms with van der Waals surface area (Å²) in [7, 11) is 0. The Morgan fingerprint density at radius 2 is 0.955 bits per heavy atom. The van der Waals surface area contributed by atoms with Gasteiger partial charge < -0.3 is 9.47 Å². The number of ether oxygens (including phenoxy) is 2. The van der Waals surface area contributed by atoms with Gasteiger partial charge in [0.1, 0.15) is 12.1 Å². The van der Waals surface area contributed by atoms with E-state index in [2.05, 4.69) is 0 Å². The zero-order valence-electron chi connectivity index (χ0n) is 24.4. The maximum absolute atomic E-state index is 13.4. The van der Waals surface area contributed by atoms with E-state index in [9.17, 15) is 29.7 Å². The molecule has 3 aliphatic rings. The van der Waals surface area contributed by atoms with E-state index in [1.54, 1.807) is 24.3 Å². The lowest BCUT2D eigenvalue weighted by Crippen LogP contribution is -2.40. The molecule has 0 saturated heterocycles. The molecule has 0 saturated carbocycles. The standard InChI is InChI=1S/C36H28N2O6/c1-3-5-7-43-35(41)29-15-21-13-27-28(14-22(21)16-30(29)36(42)44-8-6-4-2)32-26-12-20-10-24(18-38)23(17-37)9-19(20)11-25(26)31(27)33(39)34(32)40/h9-16,31-32H,3-8H2,1-2H3. The molecule has 0 aliphatic heterocycles. The summed E-state index contributed by atoms with van der Waals surface area (Å²) in [4.78, 5) is 53.1. The van der Waals surface area contributed by atoms with Crippen LogP contribution in [0.2, 0.25) is 0 Å². The van der Waals surface area contributed by atoms with Crippen molar-refractivity contribution in [2.75, 3.05) is 13.2 Å². The summed E-state index contributed by atoms with van der Waals surface area (Å²) in [6.45, 7) is 4.40. The highest BCUT2D eigenvalue weighted by molar-refractivity contribution is 6.45. The van der Waals surface area contributed by atoms with Gasteiger partial charge in [-0.25, -0.2) is 9.59 Å². The number of ketones is 2. The zero-order chi connectivity index (χ0) is 31.1. The molecule has 0 N–H and O–H groups in total. The number of nitrogens with zero attached hydrogens (tertiary/aromatic N) is 2. The number of unbranched alkanes of at least 4 members (excludes halogenated alkanes) is 2. The summed E-state index contributed by atoms with van der Waals surface area (Å²) in [5, 5.41) is 21.7. The van der Waals surface area contributed by atoms with Crippen molar-refractivity contribution in [1.82, 2.24) is 0 Å². The van der Waals surface area contributed by atoms with Crippen molar-refractivity contribution in [1.29, 1.82) is 10.5 Å². The van der Waals surface area contributed by atoms with Gasteiger partial charge in [0.05, 0.1) is 47.3 Å². The zero-order valence-corrected chi connectivity index (χ0v) is 24.4. The molecule has 0 spiro atoms. The molecule has 2 atom stereocenters. The van der Waals surface area contributed by atoms with Gasteiger partial charge in [0.25, 0.3) is 0 Å². The minimum Gasteiger partial charge on any atom is -0.462 e. The number of Topliss-reactive ketones (excluding diaryl/α,β-unsaturated/α-hetero) is 2. The minimum atomic E-state index is -0.855. The largest absolute Gasteiger partial charge is 0.462 e. The van der Waals surface area contributed by atoms with Crippen LogP contribution in [0.25, 0.3) is 21.5 Å². The number of hydrogen-bond donors (Lipinski definition) is 0. The minimum absolute atomic E-state index is 0.0853. The summed E-state index contributed by atoms with van der Waals surface area (Å²) < 4.78 is 10.9. The highest BCUT2D eigenvalue weighted by Gasteiger charge is 2.49. The van der Waals surface area contributed by atoms with Crippen LogP contribution in [0.15, 0.2) is 48.5 Å². The van der Waals surface area contributed by atoms with Crippen molar-refractivity contribution >= 4 is 45.0 Å². The van der Waals surface area contributed by atoms with Gasteiger partial charge in [0.15, 0.2) is 0 Å². The first-order chi connectivity index (χ1) is 21.3. The molecule has 0 amide bonds. The maximum atomic E-state index is 13.4. The molecule has 2 unspecified atom stereocenters. The van der Waals surface area contributed by atoms with Crippen LogP contribution in [-0.2, 0) is 19.1 Å². The number of carbonyl (C=O) groups excluding carboxylic acids is 4. The molecular formula is C36H28N2O6. The molecule has 0 aromatic heterocycles. The van der Waals surface area contributed by atoms with Crippen LogP contribution < -0.4 is 0 Å². The fraction of sp³-hybridized carbons (Fsp3) is 0.278. The van der Waals surface area contributed by atoms with E-state index in [4.69, 9.17) is 9.47 Å². The molecule has 44 heavy (non-hydrogen) atoms. The Morgan fingerprint density at radius 3 is 1.27 bits per heavy atom. The predicted molar refractivity (Wildman–Crippen MR) is 161 cm³/mol. The van der Waals surface area contributed by atoms with Crippen LogP contribution in [0.4, 0.5) is 0 Å². The first kappa shape index (κ1) is 28.8. The number of hydrogen-bond acceptors (Lipinski definition) is 8. The number of nitriles is 2. The Kier molecular flexibility index (Phi) is 7.45. The Bertz CT molecular complexity index is 1870. The Labute approximate surface area is 253 Å². The lowest BCUT2D eigenvalue weighted by Gasteiger charge is -2.38. The smallest absolute Gasteiger partial charge is 0.339 e. The number of fused-ring (bicyclic) bond motifs is 3. The molecule has 4 aromatic carbocycles. The average molecular weight is 585 g/mol. The second kappa shape index (κ2) is 11.4. The molecule has 4 aromatic rings. The number of benzene rings is 4. The third kappa shape index (κ3) is 4.60. The van der Waals surface area contributed by atoms with Gasteiger partial charge in [-0.15, -0.1) is 0 Å². The third-order valence-electron chi connectivity index (χ3n) is 8.51. The highest BCUT2D eigenvalue weighted by Crippen LogP contribution is 2.51. The normalized spacial score (nSPS) is 16.3. The van der Waals surface area contributed by atoms with E-state index in [0.717, 1.165) is 12.8 Å². The van der Waals surface area contributed by atoms with Gasteiger partial charge in [-0.05, 0) is 105 Å². The lowest BCUT2D eigenvalue weighted by atomic mass is 9.62. The number of esters is 2. The molecule has 0 fully saturated rings. The molecule has 218 valence electrons. The van der Waals surface area contributed by atoms with Crippen molar-refractivity contribution in [2.45, 2.75) is 51.4 Å². The van der Waals surface area contributed by atoms with Gasteiger partial charge in [-0.2, -0.15) is 10.5 Å². The molecule has 0 radical (unpaired) electrons. The summed E-state index contributed by atoms with van der Waals surface area (Å²) in [6.07, 6.45) is 3.05. The van der Waals surface area contributed by atoms with E-state index in [0.29, 0.717) is 56.6 Å². The summed E-state index contributed by atoms with van der Waals surface area (Å²) >= 11 is 0. The Hall–Kier alpha value is -5.34. The topological polar surface area (TPSA) is 134 Å². The van der Waals surface area contributed by atoms with Gasteiger partial charge >= 0.3 is 11.9 Å². The Morgan fingerprint density at radius 1 is 0.614 bits per heavy atom. The molecule has 7 rings (SSSR count). The summed E-state index contributed by atoms with van der Waals surface area (Å²) in [5.41, 5.74) is 3.33. The molecule has 8 heteroatoms. The van der Waals surface area contributed by atoms with Crippen molar-refractivity contribution in [3.63, 3.8) is 0 Å². The fourth-order valence-electron chi connectivity index (χ4n) is 6.25. The van der Waals surface area contributed by atoms with E-state index in [-0.39, 0.29) is 35.5 Å². The Balaban J connectivity index is 1.52. The van der Waals surface area contributed by atoms with Gasteiger partial charge in [-0.1, -0.05) is 26.7 Å². The monoisotopic (exact) mass is 584 g/mol. The van der Waals surface area contributed by atoms with Crippen molar-refractivity contribution < 1.29 is 28.7 Å². The first-order valence-electron chi connectivity index (χ1n) is 14.8. The first-order valence-corrected chi connectivity index (χ1v) is 14.8.